The number of anilines is 3. The molecule has 0 bridgehead atoms. The van der Waals surface area contributed by atoms with Crippen LogP contribution in [0.2, 0.25) is 0 Å². The Labute approximate surface area is 261 Å². The Balaban J connectivity index is 1.31. The smallest absolute Gasteiger partial charge is 0.123 e. The summed E-state index contributed by atoms with van der Waals surface area (Å²) in [5, 5.41) is 5.05. The average Bonchev–Trinajstić information content (AvgIpc) is 3.61. The number of fused-ring (bicyclic) bond motifs is 11. The fourth-order valence-corrected chi connectivity index (χ4v) is 7.70. The Morgan fingerprint density at radius 2 is 1.24 bits per heavy atom. The molecule has 212 valence electrons. The molecule has 3 heterocycles. The molecule has 0 saturated carbocycles. The number of allylic oxidation sites excluding steroid dienone is 1. The lowest BCUT2D eigenvalue weighted by Gasteiger charge is -2.26. The topological polar surface area (TPSA) is 13.1 Å². The predicted molar refractivity (Wildman–Crippen MR) is 189 cm³/mol. The molecule has 0 radical (unpaired) electrons. The Bertz CT molecular complexity index is 2490. The molecule has 0 fully saturated rings. The fraction of sp³-hybridized carbons (Fsp3) is 0.0476. The van der Waals surface area contributed by atoms with Gasteiger partial charge in [-0.1, -0.05) is 91.0 Å². The third kappa shape index (κ3) is 3.52. The van der Waals surface area contributed by atoms with Gasteiger partial charge in [-0.15, -0.1) is 0 Å². The van der Waals surface area contributed by atoms with E-state index in [0.29, 0.717) is 0 Å². The Hall–Kier alpha value is -5.80. The van der Waals surface area contributed by atoms with E-state index in [1.54, 1.807) is 0 Å². The SMILES string of the molecule is C1=Cc2c(c3ccc(N4c5ccccc5-c5cc6ccccc6cc5-n5c4cc4ccccc45)cc3n2-c2ccccc2)CC1. The van der Waals surface area contributed by atoms with Crippen LogP contribution in [-0.4, -0.2) is 9.13 Å². The van der Waals surface area contributed by atoms with Crippen LogP contribution >= 0.6 is 0 Å². The third-order valence-corrected chi connectivity index (χ3v) is 9.67. The van der Waals surface area contributed by atoms with E-state index in [-0.39, 0.29) is 0 Å². The van der Waals surface area contributed by atoms with Crippen LogP contribution in [-0.2, 0) is 6.42 Å². The van der Waals surface area contributed by atoms with E-state index in [0.717, 1.165) is 24.3 Å². The first-order valence-electron chi connectivity index (χ1n) is 15.8. The van der Waals surface area contributed by atoms with E-state index in [4.69, 9.17) is 0 Å². The van der Waals surface area contributed by atoms with Gasteiger partial charge in [0.25, 0.3) is 0 Å². The van der Waals surface area contributed by atoms with Gasteiger partial charge in [0.2, 0.25) is 0 Å². The highest BCUT2D eigenvalue weighted by Crippen LogP contribution is 2.50. The lowest BCUT2D eigenvalue weighted by atomic mass is 9.97. The van der Waals surface area contributed by atoms with Gasteiger partial charge in [-0.2, -0.15) is 0 Å². The highest BCUT2D eigenvalue weighted by molar-refractivity contribution is 6.04. The number of aromatic nitrogens is 2. The van der Waals surface area contributed by atoms with Crippen molar-refractivity contribution in [3.63, 3.8) is 0 Å². The second-order valence-corrected chi connectivity index (χ2v) is 12.1. The van der Waals surface area contributed by atoms with Gasteiger partial charge in [0.05, 0.1) is 22.4 Å². The lowest BCUT2D eigenvalue weighted by Crippen LogP contribution is -2.13. The van der Waals surface area contributed by atoms with Crippen molar-refractivity contribution in [1.82, 2.24) is 9.13 Å². The first kappa shape index (κ1) is 24.6. The van der Waals surface area contributed by atoms with Crippen LogP contribution in [0, 0.1) is 0 Å². The molecular weight excluding hydrogens is 546 g/mol. The maximum absolute atomic E-state index is 2.47. The van der Waals surface area contributed by atoms with Crippen molar-refractivity contribution in [3.05, 3.63) is 157 Å². The number of benzene rings is 6. The zero-order valence-electron chi connectivity index (χ0n) is 24.7. The van der Waals surface area contributed by atoms with Gasteiger partial charge < -0.3 is 4.57 Å². The maximum atomic E-state index is 2.47. The largest absolute Gasteiger partial charge is 0.310 e. The summed E-state index contributed by atoms with van der Waals surface area (Å²) in [6.07, 6.45) is 6.76. The van der Waals surface area contributed by atoms with E-state index in [9.17, 15) is 0 Å². The van der Waals surface area contributed by atoms with Crippen LogP contribution in [0.25, 0.3) is 61.2 Å². The Kier molecular flexibility index (Phi) is 5.11. The Morgan fingerprint density at radius 3 is 2.13 bits per heavy atom. The Morgan fingerprint density at radius 1 is 0.489 bits per heavy atom. The molecule has 6 aromatic carbocycles. The maximum Gasteiger partial charge on any atom is 0.123 e. The summed E-state index contributed by atoms with van der Waals surface area (Å²) in [7, 11) is 0. The first-order valence-corrected chi connectivity index (χ1v) is 15.8. The average molecular weight is 576 g/mol. The predicted octanol–water partition coefficient (Wildman–Crippen LogP) is 11.1. The van der Waals surface area contributed by atoms with Gasteiger partial charge in [0.15, 0.2) is 0 Å². The summed E-state index contributed by atoms with van der Waals surface area (Å²) < 4.78 is 4.91. The van der Waals surface area contributed by atoms with E-state index in [1.165, 1.54) is 72.0 Å². The monoisotopic (exact) mass is 575 g/mol. The number of hydrogen-bond donors (Lipinski definition) is 0. The molecule has 1 aliphatic carbocycles. The molecule has 0 saturated heterocycles. The fourth-order valence-electron chi connectivity index (χ4n) is 7.70. The van der Waals surface area contributed by atoms with Gasteiger partial charge in [-0.05, 0) is 89.9 Å². The number of rotatable bonds is 2. The summed E-state index contributed by atoms with van der Waals surface area (Å²) in [6, 6.07) is 51.3. The van der Waals surface area contributed by atoms with Crippen LogP contribution in [0.15, 0.2) is 146 Å². The molecule has 2 aromatic heterocycles. The molecular formula is C42H29N3. The van der Waals surface area contributed by atoms with E-state index in [1.807, 2.05) is 0 Å². The molecule has 0 unspecified atom stereocenters. The highest BCUT2D eigenvalue weighted by atomic mass is 15.3. The molecule has 0 amide bonds. The normalized spacial score (nSPS) is 13.5. The van der Waals surface area contributed by atoms with Crippen LogP contribution in [0.1, 0.15) is 17.7 Å². The third-order valence-electron chi connectivity index (χ3n) is 9.67. The molecule has 2 aliphatic rings. The van der Waals surface area contributed by atoms with Crippen LogP contribution in [0.5, 0.6) is 0 Å². The molecule has 3 nitrogen and oxygen atoms in total. The van der Waals surface area contributed by atoms with Crippen molar-refractivity contribution in [2.75, 3.05) is 4.90 Å². The lowest BCUT2D eigenvalue weighted by molar-refractivity contribution is 0.967. The van der Waals surface area contributed by atoms with E-state index < -0.39 is 0 Å². The second kappa shape index (κ2) is 9.35. The van der Waals surface area contributed by atoms with Crippen LogP contribution in [0.3, 0.4) is 0 Å². The van der Waals surface area contributed by atoms with Gasteiger partial charge in [0, 0.05) is 39.0 Å². The van der Waals surface area contributed by atoms with E-state index in [2.05, 4.69) is 166 Å². The molecule has 10 rings (SSSR count). The minimum absolute atomic E-state index is 1.06. The van der Waals surface area contributed by atoms with Crippen molar-refractivity contribution in [3.8, 4) is 22.5 Å². The highest BCUT2D eigenvalue weighted by Gasteiger charge is 2.29. The number of hydrogen-bond acceptors (Lipinski definition) is 1. The zero-order valence-corrected chi connectivity index (χ0v) is 24.7. The zero-order chi connectivity index (χ0) is 29.5. The molecule has 0 N–H and O–H groups in total. The van der Waals surface area contributed by atoms with Crippen molar-refractivity contribution in [2.24, 2.45) is 0 Å². The summed E-state index contributed by atoms with van der Waals surface area (Å²) >= 11 is 0. The van der Waals surface area contributed by atoms with Crippen molar-refractivity contribution >= 4 is 55.8 Å². The number of para-hydroxylation sites is 3. The second-order valence-electron chi connectivity index (χ2n) is 12.1. The quantitative estimate of drug-likeness (QED) is 0.200. The van der Waals surface area contributed by atoms with Gasteiger partial charge in [0.1, 0.15) is 5.82 Å². The minimum atomic E-state index is 1.06. The van der Waals surface area contributed by atoms with Crippen LogP contribution in [0.4, 0.5) is 17.2 Å². The summed E-state index contributed by atoms with van der Waals surface area (Å²) in [5.74, 6) is 1.14. The van der Waals surface area contributed by atoms with Gasteiger partial charge >= 0.3 is 0 Å². The first-order chi connectivity index (χ1) is 22.3. The standard InChI is InChI=1S/C42H29N3/c1-2-15-31(16-3-1)43-38-20-10-7-17-33(38)35-23-22-32(27-41(35)43)44-39-21-11-8-18-34(39)36-24-28-12-4-5-13-29(28)25-40(36)45-37-19-9-6-14-30(37)26-42(44)45/h1-6,8-16,18-27H,7,17H2. The van der Waals surface area contributed by atoms with E-state index >= 15 is 0 Å². The summed E-state index contributed by atoms with van der Waals surface area (Å²) in [4.78, 5) is 2.47. The number of nitrogens with zero attached hydrogens (tertiary/aromatic N) is 3. The molecule has 8 aromatic rings. The van der Waals surface area contributed by atoms with Crippen molar-refractivity contribution < 1.29 is 0 Å². The van der Waals surface area contributed by atoms with Crippen LogP contribution < -0.4 is 4.90 Å². The molecule has 1 aliphatic heterocycles. The molecule has 3 heteroatoms. The minimum Gasteiger partial charge on any atom is -0.310 e. The molecule has 0 spiro atoms. The summed E-state index contributed by atoms with van der Waals surface area (Å²) in [5.41, 5.74) is 12.4. The van der Waals surface area contributed by atoms with Crippen molar-refractivity contribution in [1.29, 1.82) is 0 Å². The number of aryl methyl sites for hydroxylation is 1. The molecule has 0 atom stereocenters. The van der Waals surface area contributed by atoms with Crippen molar-refractivity contribution in [2.45, 2.75) is 12.8 Å². The summed E-state index contributed by atoms with van der Waals surface area (Å²) in [6.45, 7) is 0. The molecule has 45 heavy (non-hydrogen) atoms. The van der Waals surface area contributed by atoms with Gasteiger partial charge in [-0.25, -0.2) is 0 Å². The van der Waals surface area contributed by atoms with Gasteiger partial charge in [-0.3, -0.25) is 9.47 Å².